The molecule has 0 radical (unpaired) electrons. The Morgan fingerprint density at radius 2 is 2.10 bits per heavy atom. The Bertz CT molecular complexity index is 488. The number of nitrogens with one attached hydrogen (secondary N) is 1. The van der Waals surface area contributed by atoms with Crippen molar-refractivity contribution >= 4 is 5.91 Å². The number of hydrogen-bond acceptors (Lipinski definition) is 5. The lowest BCUT2D eigenvalue weighted by atomic mass is 10.1. The Kier molecular flexibility index (Phi) is 4.26. The van der Waals surface area contributed by atoms with Gasteiger partial charge >= 0.3 is 0 Å². The van der Waals surface area contributed by atoms with Crippen LogP contribution in [0.5, 0.6) is 0 Å². The summed E-state index contributed by atoms with van der Waals surface area (Å²) < 4.78 is 5.24. The van der Waals surface area contributed by atoms with Gasteiger partial charge in [0.25, 0.3) is 0 Å². The van der Waals surface area contributed by atoms with Gasteiger partial charge in [0.2, 0.25) is 5.91 Å². The molecule has 1 aromatic rings. The second kappa shape index (κ2) is 6.15. The number of nitrogens with zero attached hydrogens (tertiary/aromatic N) is 3. The molecular weight excluding hydrogens is 268 g/mol. The lowest BCUT2D eigenvalue weighted by Gasteiger charge is -2.32. The zero-order valence-electron chi connectivity index (χ0n) is 12.9. The van der Waals surface area contributed by atoms with E-state index in [-0.39, 0.29) is 6.04 Å². The van der Waals surface area contributed by atoms with Crippen LogP contribution in [0.2, 0.25) is 0 Å². The molecule has 6 nitrogen and oxygen atoms in total. The van der Waals surface area contributed by atoms with Crippen molar-refractivity contribution in [3.8, 4) is 0 Å². The van der Waals surface area contributed by atoms with Crippen molar-refractivity contribution in [3.63, 3.8) is 0 Å². The first-order chi connectivity index (χ1) is 10.2. The molecule has 0 aliphatic carbocycles. The standard InChI is InChI=1S/C15H24N4O2/c1-11-13(12(2)21-17-11)10-19-7-3-4-14(19)15(20)18-8-5-16-6-9-18/h14,16H,3-10H2,1-2H3. The van der Waals surface area contributed by atoms with Crippen molar-refractivity contribution < 1.29 is 9.32 Å². The second-order valence-electron chi connectivity index (χ2n) is 6.01. The summed E-state index contributed by atoms with van der Waals surface area (Å²) >= 11 is 0. The maximum Gasteiger partial charge on any atom is 0.240 e. The maximum absolute atomic E-state index is 12.7. The molecular formula is C15H24N4O2. The van der Waals surface area contributed by atoms with Gasteiger partial charge in [-0.25, -0.2) is 0 Å². The lowest BCUT2D eigenvalue weighted by molar-refractivity contribution is -0.136. The summed E-state index contributed by atoms with van der Waals surface area (Å²) in [4.78, 5) is 17.0. The zero-order valence-corrected chi connectivity index (χ0v) is 12.9. The number of aromatic nitrogens is 1. The quantitative estimate of drug-likeness (QED) is 0.888. The molecule has 6 heteroatoms. The highest BCUT2D eigenvalue weighted by Gasteiger charge is 2.34. The molecule has 2 fully saturated rings. The van der Waals surface area contributed by atoms with Gasteiger partial charge < -0.3 is 14.7 Å². The fourth-order valence-corrected chi connectivity index (χ4v) is 3.32. The van der Waals surface area contributed by atoms with E-state index in [0.717, 1.165) is 69.1 Å². The van der Waals surface area contributed by atoms with Gasteiger partial charge in [-0.3, -0.25) is 9.69 Å². The zero-order chi connectivity index (χ0) is 14.8. The van der Waals surface area contributed by atoms with Gasteiger partial charge in [-0.1, -0.05) is 5.16 Å². The van der Waals surface area contributed by atoms with Crippen molar-refractivity contribution in [1.82, 2.24) is 20.3 Å². The van der Waals surface area contributed by atoms with E-state index in [9.17, 15) is 4.79 Å². The fourth-order valence-electron chi connectivity index (χ4n) is 3.32. The number of likely N-dealkylation sites (tertiary alicyclic amines) is 1. The van der Waals surface area contributed by atoms with Crippen LogP contribution in [0.1, 0.15) is 29.9 Å². The number of amides is 1. The largest absolute Gasteiger partial charge is 0.361 e. The van der Waals surface area contributed by atoms with Crippen LogP contribution in [-0.2, 0) is 11.3 Å². The minimum atomic E-state index is 0.0248. The van der Waals surface area contributed by atoms with E-state index in [4.69, 9.17) is 4.52 Å². The van der Waals surface area contributed by atoms with Crippen molar-refractivity contribution in [2.75, 3.05) is 32.7 Å². The number of hydrogen-bond donors (Lipinski definition) is 1. The van der Waals surface area contributed by atoms with Crippen LogP contribution in [0.3, 0.4) is 0 Å². The molecule has 2 saturated heterocycles. The molecule has 0 bridgehead atoms. The van der Waals surface area contributed by atoms with E-state index >= 15 is 0 Å². The highest BCUT2D eigenvalue weighted by Crippen LogP contribution is 2.24. The first kappa shape index (κ1) is 14.5. The van der Waals surface area contributed by atoms with Gasteiger partial charge in [0, 0.05) is 38.3 Å². The number of rotatable bonds is 3. The van der Waals surface area contributed by atoms with Crippen molar-refractivity contribution in [2.24, 2.45) is 0 Å². The van der Waals surface area contributed by atoms with E-state index in [1.165, 1.54) is 0 Å². The van der Waals surface area contributed by atoms with Gasteiger partial charge in [-0.2, -0.15) is 0 Å². The molecule has 2 aliphatic rings. The van der Waals surface area contributed by atoms with E-state index in [1.54, 1.807) is 0 Å². The van der Waals surface area contributed by atoms with E-state index < -0.39 is 0 Å². The Balaban J connectivity index is 1.69. The maximum atomic E-state index is 12.7. The van der Waals surface area contributed by atoms with Gasteiger partial charge in [0.05, 0.1) is 11.7 Å². The van der Waals surface area contributed by atoms with Crippen molar-refractivity contribution in [3.05, 3.63) is 17.0 Å². The van der Waals surface area contributed by atoms with Crippen molar-refractivity contribution in [1.29, 1.82) is 0 Å². The molecule has 2 aliphatic heterocycles. The van der Waals surface area contributed by atoms with E-state index in [0.29, 0.717) is 5.91 Å². The molecule has 1 N–H and O–H groups in total. The van der Waals surface area contributed by atoms with E-state index in [1.807, 2.05) is 18.7 Å². The number of piperazine rings is 1. The minimum absolute atomic E-state index is 0.0248. The molecule has 0 saturated carbocycles. The van der Waals surface area contributed by atoms with Crippen LogP contribution >= 0.6 is 0 Å². The summed E-state index contributed by atoms with van der Waals surface area (Å²) in [7, 11) is 0. The normalized spacial score (nSPS) is 23.7. The Hall–Kier alpha value is -1.40. The van der Waals surface area contributed by atoms with Gasteiger partial charge in [-0.15, -0.1) is 0 Å². The smallest absolute Gasteiger partial charge is 0.240 e. The number of carbonyl (C=O) groups is 1. The molecule has 1 unspecified atom stereocenters. The average Bonchev–Trinajstić information content (AvgIpc) is 3.09. The van der Waals surface area contributed by atoms with Gasteiger partial charge in [0.15, 0.2) is 0 Å². The molecule has 1 aromatic heterocycles. The summed E-state index contributed by atoms with van der Waals surface area (Å²) in [5.74, 6) is 1.16. The average molecular weight is 292 g/mol. The third-order valence-electron chi connectivity index (χ3n) is 4.62. The predicted octanol–water partition coefficient (Wildman–Crippen LogP) is 0.688. The molecule has 3 heterocycles. The van der Waals surface area contributed by atoms with Crippen LogP contribution in [0, 0.1) is 13.8 Å². The van der Waals surface area contributed by atoms with Gasteiger partial charge in [-0.05, 0) is 33.2 Å². The van der Waals surface area contributed by atoms with Crippen LogP contribution in [0.25, 0.3) is 0 Å². The first-order valence-corrected chi connectivity index (χ1v) is 7.82. The van der Waals surface area contributed by atoms with Crippen LogP contribution in [-0.4, -0.2) is 59.6 Å². The van der Waals surface area contributed by atoms with Gasteiger partial charge in [0.1, 0.15) is 5.76 Å². The summed E-state index contributed by atoms with van der Waals surface area (Å²) in [6, 6.07) is 0.0248. The number of carbonyl (C=O) groups excluding carboxylic acids is 1. The highest BCUT2D eigenvalue weighted by atomic mass is 16.5. The predicted molar refractivity (Wildman–Crippen MR) is 78.9 cm³/mol. The third kappa shape index (κ3) is 2.96. The minimum Gasteiger partial charge on any atom is -0.361 e. The van der Waals surface area contributed by atoms with Crippen LogP contribution < -0.4 is 5.32 Å². The molecule has 1 atom stereocenters. The monoisotopic (exact) mass is 292 g/mol. The summed E-state index contributed by atoms with van der Waals surface area (Å²) in [6.07, 6.45) is 2.05. The SMILES string of the molecule is Cc1noc(C)c1CN1CCCC1C(=O)N1CCNCC1. The summed E-state index contributed by atoms with van der Waals surface area (Å²) in [5.41, 5.74) is 2.07. The summed E-state index contributed by atoms with van der Waals surface area (Å²) in [6.45, 7) is 9.12. The van der Waals surface area contributed by atoms with Crippen LogP contribution in [0.15, 0.2) is 4.52 Å². The lowest BCUT2D eigenvalue weighted by Crippen LogP contribution is -2.52. The molecule has 3 rings (SSSR count). The topological polar surface area (TPSA) is 61.6 Å². The third-order valence-corrected chi connectivity index (χ3v) is 4.62. The van der Waals surface area contributed by atoms with Crippen LogP contribution in [0.4, 0.5) is 0 Å². The molecule has 116 valence electrons. The number of aryl methyl sites for hydroxylation is 2. The molecule has 0 spiro atoms. The Morgan fingerprint density at radius 1 is 1.33 bits per heavy atom. The Morgan fingerprint density at radius 3 is 2.76 bits per heavy atom. The molecule has 21 heavy (non-hydrogen) atoms. The van der Waals surface area contributed by atoms with E-state index in [2.05, 4.69) is 15.4 Å². The Labute approximate surface area is 125 Å². The summed E-state index contributed by atoms with van der Waals surface area (Å²) in [5, 5.41) is 7.31. The van der Waals surface area contributed by atoms with Crippen molar-refractivity contribution in [2.45, 2.75) is 39.3 Å². The fraction of sp³-hybridized carbons (Fsp3) is 0.733. The molecule has 1 amide bonds. The highest BCUT2D eigenvalue weighted by molar-refractivity contribution is 5.82. The second-order valence-corrected chi connectivity index (χ2v) is 6.01. The molecule has 0 aromatic carbocycles. The first-order valence-electron chi connectivity index (χ1n) is 7.82.